The number of rotatable bonds is 5. The molecule has 0 heterocycles. The molecule has 0 radical (unpaired) electrons. The third-order valence-electron chi connectivity index (χ3n) is 1.71. The zero-order chi connectivity index (χ0) is 9.40. The molecular weight excluding hydrogens is 156 g/mol. The fourth-order valence-electron chi connectivity index (χ4n) is 0.903. The van der Waals surface area contributed by atoms with Crippen LogP contribution in [0, 0.1) is 0 Å². The van der Waals surface area contributed by atoms with Crippen molar-refractivity contribution in [1.82, 2.24) is 0 Å². The highest BCUT2D eigenvalue weighted by Gasteiger charge is 2.03. The van der Waals surface area contributed by atoms with Crippen molar-refractivity contribution in [2.24, 2.45) is 10.3 Å². The zero-order valence-electron chi connectivity index (χ0n) is 7.62. The molecule has 0 aliphatic heterocycles. The maximum absolute atomic E-state index is 8.52. The lowest BCUT2D eigenvalue weighted by Gasteiger charge is -2.00. The van der Waals surface area contributed by atoms with Crippen LogP contribution in [0.3, 0.4) is 0 Å². The van der Waals surface area contributed by atoms with Gasteiger partial charge < -0.3 is 10.4 Å². The Morgan fingerprint density at radius 1 is 1.17 bits per heavy atom. The predicted molar refractivity (Wildman–Crippen MR) is 48.3 cm³/mol. The second-order valence-electron chi connectivity index (χ2n) is 2.69. The van der Waals surface area contributed by atoms with Gasteiger partial charge in [0.15, 0.2) is 0 Å². The van der Waals surface area contributed by atoms with Crippen LogP contribution in [0.1, 0.15) is 39.5 Å². The van der Waals surface area contributed by atoms with Gasteiger partial charge in [-0.05, 0) is 19.8 Å². The largest absolute Gasteiger partial charge is 0.411 e. The quantitative estimate of drug-likeness (QED) is 0.289. The van der Waals surface area contributed by atoms with Crippen molar-refractivity contribution in [3.63, 3.8) is 0 Å². The summed E-state index contributed by atoms with van der Waals surface area (Å²) >= 11 is 0. The Balaban J connectivity index is 3.86. The molecular formula is C8H16N2O2. The first-order chi connectivity index (χ1) is 5.76. The molecule has 4 nitrogen and oxygen atoms in total. The second kappa shape index (κ2) is 6.64. The number of hydrogen-bond acceptors (Lipinski definition) is 4. The van der Waals surface area contributed by atoms with Gasteiger partial charge in [0.1, 0.15) is 11.4 Å². The van der Waals surface area contributed by atoms with Gasteiger partial charge in [-0.1, -0.05) is 30.1 Å². The maximum Gasteiger partial charge on any atom is 0.104 e. The number of oxime groups is 2. The normalized spacial score (nSPS) is 13.5. The lowest BCUT2D eigenvalue weighted by atomic mass is 10.1. The van der Waals surface area contributed by atoms with Crippen LogP contribution >= 0.6 is 0 Å². The minimum absolute atomic E-state index is 0.383. The third-order valence-corrected chi connectivity index (χ3v) is 1.71. The van der Waals surface area contributed by atoms with Gasteiger partial charge in [0.2, 0.25) is 0 Å². The molecule has 0 aromatic heterocycles. The van der Waals surface area contributed by atoms with Gasteiger partial charge in [0.25, 0.3) is 0 Å². The summed E-state index contributed by atoms with van der Waals surface area (Å²) in [4.78, 5) is 0. The Morgan fingerprint density at radius 2 is 1.83 bits per heavy atom. The first kappa shape index (κ1) is 10.9. The molecule has 0 atom stereocenters. The standard InChI is InChI=1S/C8H16N2O2/c1-3-4-5-6-8(10-12)7(2)9-11/h11-12H,3-6H2,1-2H3/b9-7+,10-8+. The summed E-state index contributed by atoms with van der Waals surface area (Å²) in [7, 11) is 0. The van der Waals surface area contributed by atoms with E-state index >= 15 is 0 Å². The highest BCUT2D eigenvalue weighted by molar-refractivity contribution is 6.41. The molecule has 0 aromatic carbocycles. The van der Waals surface area contributed by atoms with E-state index in [2.05, 4.69) is 17.2 Å². The van der Waals surface area contributed by atoms with Crippen molar-refractivity contribution in [3.8, 4) is 0 Å². The van der Waals surface area contributed by atoms with Crippen molar-refractivity contribution in [2.75, 3.05) is 0 Å². The van der Waals surface area contributed by atoms with Crippen molar-refractivity contribution in [1.29, 1.82) is 0 Å². The van der Waals surface area contributed by atoms with Gasteiger partial charge in [-0.2, -0.15) is 0 Å². The van der Waals surface area contributed by atoms with Crippen LogP contribution in [-0.4, -0.2) is 21.8 Å². The van der Waals surface area contributed by atoms with Crippen molar-refractivity contribution < 1.29 is 10.4 Å². The summed E-state index contributed by atoms with van der Waals surface area (Å²) < 4.78 is 0. The highest BCUT2D eigenvalue weighted by atomic mass is 16.4. The first-order valence-corrected chi connectivity index (χ1v) is 4.16. The Kier molecular flexibility index (Phi) is 6.05. The van der Waals surface area contributed by atoms with Crippen LogP contribution in [0.25, 0.3) is 0 Å². The molecule has 0 aliphatic carbocycles. The summed E-state index contributed by atoms with van der Waals surface area (Å²) in [5.74, 6) is 0. The minimum atomic E-state index is 0.383. The van der Waals surface area contributed by atoms with Crippen molar-refractivity contribution in [2.45, 2.75) is 39.5 Å². The van der Waals surface area contributed by atoms with Gasteiger partial charge in [-0.25, -0.2) is 0 Å². The summed E-state index contributed by atoms with van der Waals surface area (Å²) in [5.41, 5.74) is 0.847. The molecule has 0 spiro atoms. The van der Waals surface area contributed by atoms with E-state index in [-0.39, 0.29) is 0 Å². The third kappa shape index (κ3) is 3.95. The van der Waals surface area contributed by atoms with Gasteiger partial charge >= 0.3 is 0 Å². The van der Waals surface area contributed by atoms with Crippen molar-refractivity contribution >= 4 is 11.4 Å². The molecule has 0 rings (SSSR count). The fourth-order valence-corrected chi connectivity index (χ4v) is 0.903. The number of unbranched alkanes of at least 4 members (excludes halogenated alkanes) is 2. The molecule has 0 amide bonds. The summed E-state index contributed by atoms with van der Waals surface area (Å²) in [5, 5.41) is 22.9. The van der Waals surface area contributed by atoms with Crippen molar-refractivity contribution in [3.05, 3.63) is 0 Å². The topological polar surface area (TPSA) is 65.2 Å². The van der Waals surface area contributed by atoms with Gasteiger partial charge in [-0.3, -0.25) is 0 Å². The van der Waals surface area contributed by atoms with E-state index in [9.17, 15) is 0 Å². The molecule has 0 saturated heterocycles. The van der Waals surface area contributed by atoms with E-state index in [0.29, 0.717) is 17.8 Å². The van der Waals surface area contributed by atoms with E-state index in [1.54, 1.807) is 6.92 Å². The van der Waals surface area contributed by atoms with Gasteiger partial charge in [0.05, 0.1) is 0 Å². The Hall–Kier alpha value is -1.06. The smallest absolute Gasteiger partial charge is 0.104 e. The number of nitrogens with zero attached hydrogens (tertiary/aromatic N) is 2. The zero-order valence-corrected chi connectivity index (χ0v) is 7.62. The molecule has 0 saturated carbocycles. The van der Waals surface area contributed by atoms with E-state index in [4.69, 9.17) is 10.4 Å². The van der Waals surface area contributed by atoms with Gasteiger partial charge in [-0.15, -0.1) is 0 Å². The fraction of sp³-hybridized carbons (Fsp3) is 0.750. The maximum atomic E-state index is 8.52. The lowest BCUT2D eigenvalue weighted by molar-refractivity contribution is 0.313. The van der Waals surface area contributed by atoms with Crippen LogP contribution in [0.2, 0.25) is 0 Å². The van der Waals surface area contributed by atoms with Gasteiger partial charge in [0, 0.05) is 0 Å². The minimum Gasteiger partial charge on any atom is -0.411 e. The van der Waals surface area contributed by atoms with Crippen LogP contribution in [-0.2, 0) is 0 Å². The van der Waals surface area contributed by atoms with Crippen LogP contribution < -0.4 is 0 Å². The lowest BCUT2D eigenvalue weighted by Crippen LogP contribution is -2.10. The van der Waals surface area contributed by atoms with E-state index in [0.717, 1.165) is 19.3 Å². The Bertz CT molecular complexity index is 176. The molecule has 0 bridgehead atoms. The molecule has 4 heteroatoms. The average molecular weight is 172 g/mol. The Labute approximate surface area is 72.6 Å². The molecule has 0 aromatic rings. The van der Waals surface area contributed by atoms with E-state index < -0.39 is 0 Å². The predicted octanol–water partition coefficient (Wildman–Crippen LogP) is 2.25. The second-order valence-corrected chi connectivity index (χ2v) is 2.69. The monoisotopic (exact) mass is 172 g/mol. The summed E-state index contributed by atoms with van der Waals surface area (Å²) in [6.07, 6.45) is 3.84. The molecule has 0 fully saturated rings. The molecule has 0 unspecified atom stereocenters. The molecule has 0 aliphatic rings. The molecule has 70 valence electrons. The van der Waals surface area contributed by atoms with E-state index in [1.165, 1.54) is 0 Å². The average Bonchev–Trinajstić information content (AvgIpc) is 2.11. The number of hydrogen-bond donors (Lipinski definition) is 2. The van der Waals surface area contributed by atoms with Crippen LogP contribution in [0.15, 0.2) is 10.3 Å². The summed E-state index contributed by atoms with van der Waals surface area (Å²) in [6.45, 7) is 3.71. The SMILES string of the molecule is CCCCCC(=N\O)/C(C)=N/O. The molecule has 12 heavy (non-hydrogen) atoms. The highest BCUT2D eigenvalue weighted by Crippen LogP contribution is 2.01. The van der Waals surface area contributed by atoms with E-state index in [1.807, 2.05) is 0 Å². The van der Waals surface area contributed by atoms with Crippen LogP contribution in [0.5, 0.6) is 0 Å². The summed E-state index contributed by atoms with van der Waals surface area (Å²) in [6, 6.07) is 0. The first-order valence-electron chi connectivity index (χ1n) is 4.16. The Morgan fingerprint density at radius 3 is 2.25 bits per heavy atom. The van der Waals surface area contributed by atoms with Crippen LogP contribution in [0.4, 0.5) is 0 Å². The molecule has 2 N–H and O–H groups in total.